The van der Waals surface area contributed by atoms with Crippen molar-refractivity contribution in [2.24, 2.45) is 0 Å². The second kappa shape index (κ2) is 7.65. The molecule has 0 spiro atoms. The molecule has 0 heterocycles. The first kappa shape index (κ1) is 13.5. The SMILES string of the molecule is CCCCCC(=O)Nc1ccccc1OCF. The number of ether oxygens (including phenoxy) is 1. The van der Waals surface area contributed by atoms with Gasteiger partial charge in [0.2, 0.25) is 12.8 Å². The highest BCUT2D eigenvalue weighted by atomic mass is 19.1. The fourth-order valence-corrected chi connectivity index (χ4v) is 1.50. The average molecular weight is 239 g/mol. The van der Waals surface area contributed by atoms with Crippen LogP contribution in [0.5, 0.6) is 5.75 Å². The summed E-state index contributed by atoms with van der Waals surface area (Å²) in [5.74, 6) is 0.298. The number of rotatable bonds is 7. The molecule has 1 N–H and O–H groups in total. The van der Waals surface area contributed by atoms with Crippen LogP contribution in [0, 0.1) is 0 Å². The van der Waals surface area contributed by atoms with Crippen LogP contribution in [-0.4, -0.2) is 12.8 Å². The lowest BCUT2D eigenvalue weighted by Gasteiger charge is -2.10. The van der Waals surface area contributed by atoms with Crippen LogP contribution in [0.15, 0.2) is 24.3 Å². The molecule has 3 nitrogen and oxygen atoms in total. The van der Waals surface area contributed by atoms with Crippen LogP contribution in [0.2, 0.25) is 0 Å². The summed E-state index contributed by atoms with van der Waals surface area (Å²) < 4.78 is 16.9. The van der Waals surface area contributed by atoms with Crippen molar-refractivity contribution < 1.29 is 13.9 Å². The van der Waals surface area contributed by atoms with E-state index in [9.17, 15) is 9.18 Å². The minimum absolute atomic E-state index is 0.0617. The Morgan fingerprint density at radius 1 is 1.35 bits per heavy atom. The van der Waals surface area contributed by atoms with Crippen LogP contribution in [-0.2, 0) is 4.79 Å². The fraction of sp³-hybridized carbons (Fsp3) is 0.462. The van der Waals surface area contributed by atoms with Crippen LogP contribution >= 0.6 is 0 Å². The van der Waals surface area contributed by atoms with E-state index >= 15 is 0 Å². The van der Waals surface area contributed by atoms with Gasteiger partial charge in [0.15, 0.2) is 0 Å². The molecule has 1 amide bonds. The van der Waals surface area contributed by atoms with E-state index in [0.717, 1.165) is 19.3 Å². The van der Waals surface area contributed by atoms with Crippen LogP contribution in [0.3, 0.4) is 0 Å². The van der Waals surface area contributed by atoms with Crippen molar-refractivity contribution >= 4 is 11.6 Å². The molecule has 0 saturated carbocycles. The molecule has 0 aliphatic heterocycles. The van der Waals surface area contributed by atoms with Crippen molar-refractivity contribution in [3.8, 4) is 5.75 Å². The van der Waals surface area contributed by atoms with Crippen LogP contribution in [0.4, 0.5) is 10.1 Å². The number of benzene rings is 1. The minimum Gasteiger partial charge on any atom is -0.461 e. The Bertz CT molecular complexity index is 355. The number of hydrogen-bond acceptors (Lipinski definition) is 2. The second-order valence-electron chi connectivity index (χ2n) is 3.75. The Labute approximate surface area is 101 Å². The minimum atomic E-state index is -0.900. The molecule has 0 aliphatic carbocycles. The first-order valence-corrected chi connectivity index (χ1v) is 5.85. The first-order chi connectivity index (χ1) is 8.27. The number of carbonyl (C=O) groups is 1. The molecular weight excluding hydrogens is 221 g/mol. The topological polar surface area (TPSA) is 38.3 Å². The molecule has 0 aliphatic rings. The van der Waals surface area contributed by atoms with E-state index in [2.05, 4.69) is 12.2 Å². The van der Waals surface area contributed by atoms with E-state index in [1.165, 1.54) is 0 Å². The quantitative estimate of drug-likeness (QED) is 0.739. The molecule has 1 aromatic rings. The summed E-state index contributed by atoms with van der Waals surface area (Å²) in [5, 5.41) is 2.72. The number of amides is 1. The maximum absolute atomic E-state index is 12.1. The van der Waals surface area contributed by atoms with Crippen molar-refractivity contribution in [1.82, 2.24) is 0 Å². The zero-order valence-electron chi connectivity index (χ0n) is 10.0. The number of hydrogen-bond donors (Lipinski definition) is 1. The summed E-state index contributed by atoms with van der Waals surface area (Å²) in [4.78, 5) is 11.6. The third kappa shape index (κ3) is 4.85. The predicted molar refractivity (Wildman–Crippen MR) is 65.8 cm³/mol. The lowest BCUT2D eigenvalue weighted by atomic mass is 10.2. The van der Waals surface area contributed by atoms with Crippen molar-refractivity contribution in [2.45, 2.75) is 32.6 Å². The van der Waals surface area contributed by atoms with Gasteiger partial charge in [-0.1, -0.05) is 31.9 Å². The highest BCUT2D eigenvalue weighted by molar-refractivity contribution is 5.92. The Kier molecular flexibility index (Phi) is 6.07. The zero-order chi connectivity index (χ0) is 12.5. The lowest BCUT2D eigenvalue weighted by molar-refractivity contribution is -0.116. The summed E-state index contributed by atoms with van der Waals surface area (Å²) >= 11 is 0. The third-order valence-corrected chi connectivity index (χ3v) is 2.38. The smallest absolute Gasteiger partial charge is 0.228 e. The van der Waals surface area contributed by atoms with Gasteiger partial charge < -0.3 is 10.1 Å². The van der Waals surface area contributed by atoms with E-state index in [1.807, 2.05) is 0 Å². The number of unbranched alkanes of at least 4 members (excludes halogenated alkanes) is 2. The van der Waals surface area contributed by atoms with E-state index < -0.39 is 6.86 Å². The number of anilines is 1. The van der Waals surface area contributed by atoms with Gasteiger partial charge in [-0.2, -0.15) is 0 Å². The van der Waals surface area contributed by atoms with Gasteiger partial charge in [-0.3, -0.25) is 4.79 Å². The zero-order valence-corrected chi connectivity index (χ0v) is 10.0. The molecular formula is C13H18FNO2. The van der Waals surface area contributed by atoms with Gasteiger partial charge in [0.1, 0.15) is 5.75 Å². The summed E-state index contributed by atoms with van der Waals surface area (Å²) in [7, 11) is 0. The van der Waals surface area contributed by atoms with Crippen LogP contribution in [0.1, 0.15) is 32.6 Å². The first-order valence-electron chi connectivity index (χ1n) is 5.85. The van der Waals surface area contributed by atoms with Crippen LogP contribution in [0.25, 0.3) is 0 Å². The Morgan fingerprint density at radius 3 is 2.82 bits per heavy atom. The van der Waals surface area contributed by atoms with Gasteiger partial charge in [-0.15, -0.1) is 0 Å². The van der Waals surface area contributed by atoms with Crippen molar-refractivity contribution in [3.05, 3.63) is 24.3 Å². The normalized spacial score (nSPS) is 10.0. The van der Waals surface area contributed by atoms with Gasteiger partial charge in [0, 0.05) is 6.42 Å². The lowest BCUT2D eigenvalue weighted by Crippen LogP contribution is -2.12. The van der Waals surface area contributed by atoms with E-state index in [1.54, 1.807) is 24.3 Å². The van der Waals surface area contributed by atoms with Gasteiger partial charge in [-0.05, 0) is 18.6 Å². The molecule has 1 rings (SSSR count). The van der Waals surface area contributed by atoms with Crippen molar-refractivity contribution in [1.29, 1.82) is 0 Å². The Hall–Kier alpha value is -1.58. The molecule has 4 heteroatoms. The molecule has 0 saturated heterocycles. The fourth-order valence-electron chi connectivity index (χ4n) is 1.50. The maximum atomic E-state index is 12.1. The van der Waals surface area contributed by atoms with Crippen molar-refractivity contribution in [3.63, 3.8) is 0 Å². The number of carbonyl (C=O) groups excluding carboxylic acids is 1. The Balaban J connectivity index is 2.52. The highest BCUT2D eigenvalue weighted by Crippen LogP contribution is 2.23. The van der Waals surface area contributed by atoms with E-state index in [0.29, 0.717) is 17.9 Å². The number of nitrogens with one attached hydrogen (secondary N) is 1. The van der Waals surface area contributed by atoms with Gasteiger partial charge in [0.05, 0.1) is 5.69 Å². The average Bonchev–Trinajstić information content (AvgIpc) is 2.32. The number of para-hydroxylation sites is 2. The molecule has 0 radical (unpaired) electrons. The van der Waals surface area contributed by atoms with E-state index in [-0.39, 0.29) is 5.91 Å². The predicted octanol–water partition coefficient (Wildman–Crippen LogP) is 3.51. The second-order valence-corrected chi connectivity index (χ2v) is 3.75. The Morgan fingerprint density at radius 2 is 2.12 bits per heavy atom. The standard InChI is InChI=1S/C13H18FNO2/c1-2-3-4-9-13(16)15-11-7-5-6-8-12(11)17-10-14/h5-8H,2-4,9-10H2,1H3,(H,15,16). The van der Waals surface area contributed by atoms with Gasteiger partial charge in [-0.25, -0.2) is 4.39 Å². The maximum Gasteiger partial charge on any atom is 0.228 e. The van der Waals surface area contributed by atoms with Gasteiger partial charge in [0.25, 0.3) is 0 Å². The van der Waals surface area contributed by atoms with Crippen molar-refractivity contribution in [2.75, 3.05) is 12.2 Å². The third-order valence-electron chi connectivity index (χ3n) is 2.38. The molecule has 1 aromatic carbocycles. The largest absolute Gasteiger partial charge is 0.461 e. The monoisotopic (exact) mass is 239 g/mol. The number of alkyl halides is 1. The summed E-state index contributed by atoms with van der Waals surface area (Å²) in [6.07, 6.45) is 3.47. The molecule has 0 fully saturated rings. The van der Waals surface area contributed by atoms with E-state index in [4.69, 9.17) is 4.74 Å². The highest BCUT2D eigenvalue weighted by Gasteiger charge is 2.06. The molecule has 17 heavy (non-hydrogen) atoms. The molecule has 0 bridgehead atoms. The summed E-state index contributed by atoms with van der Waals surface area (Å²) in [5.41, 5.74) is 0.520. The molecule has 94 valence electrons. The molecule has 0 unspecified atom stereocenters. The van der Waals surface area contributed by atoms with Gasteiger partial charge >= 0.3 is 0 Å². The number of halogens is 1. The molecule has 0 atom stereocenters. The van der Waals surface area contributed by atoms with Crippen LogP contribution < -0.4 is 10.1 Å². The molecule has 0 aromatic heterocycles. The summed E-state index contributed by atoms with van der Waals surface area (Å²) in [6, 6.07) is 6.83. The summed E-state index contributed by atoms with van der Waals surface area (Å²) in [6.45, 7) is 1.19.